The zero-order valence-corrected chi connectivity index (χ0v) is 10.9. The number of rotatable bonds is 4. The molecule has 1 fully saturated rings. The van der Waals surface area contributed by atoms with Crippen LogP contribution in [0.3, 0.4) is 0 Å². The molecule has 0 saturated heterocycles. The summed E-state index contributed by atoms with van der Waals surface area (Å²) in [6, 6.07) is 6.90. The summed E-state index contributed by atoms with van der Waals surface area (Å²) in [4.78, 5) is 11.4. The number of aliphatic carboxylic acids is 1. The summed E-state index contributed by atoms with van der Waals surface area (Å²) in [5, 5.41) is 9.32. The monoisotopic (exact) mass is 320 g/mol. The van der Waals surface area contributed by atoms with Crippen LogP contribution in [0.4, 0.5) is 8.78 Å². The Bertz CT molecular complexity index is 458. The fourth-order valence-electron chi connectivity index (χ4n) is 2.28. The van der Waals surface area contributed by atoms with Crippen LogP contribution < -0.4 is 0 Å². The Morgan fingerprint density at radius 1 is 1.50 bits per heavy atom. The Morgan fingerprint density at radius 2 is 2.17 bits per heavy atom. The van der Waals surface area contributed by atoms with Gasteiger partial charge in [0.2, 0.25) is 0 Å². The summed E-state index contributed by atoms with van der Waals surface area (Å²) in [6.45, 7) is -2.86. The maximum absolute atomic E-state index is 12.0. The first kappa shape index (κ1) is 13.4. The van der Waals surface area contributed by atoms with Gasteiger partial charge in [0.15, 0.2) is 0 Å². The Kier molecular flexibility index (Phi) is 3.68. The van der Waals surface area contributed by atoms with Gasteiger partial charge in [-0.25, -0.2) is 0 Å². The van der Waals surface area contributed by atoms with E-state index in [4.69, 9.17) is 0 Å². The molecule has 98 valence electrons. The Hall–Kier alpha value is -1.01. The summed E-state index contributed by atoms with van der Waals surface area (Å²) in [6.07, 6.45) is -0.549. The van der Waals surface area contributed by atoms with Gasteiger partial charge in [0.1, 0.15) is 0 Å². The van der Waals surface area contributed by atoms with Gasteiger partial charge in [-0.05, 0) is 30.5 Å². The maximum atomic E-state index is 12.0. The van der Waals surface area contributed by atoms with Crippen LogP contribution in [0.5, 0.6) is 0 Å². The van der Waals surface area contributed by atoms with E-state index in [-0.39, 0.29) is 12.8 Å². The van der Waals surface area contributed by atoms with E-state index in [1.165, 1.54) is 0 Å². The lowest BCUT2D eigenvalue weighted by molar-refractivity contribution is -0.202. The molecule has 1 N–H and O–H groups in total. The molecule has 2 rings (SSSR count). The molecule has 0 radical (unpaired) electrons. The predicted molar refractivity (Wildman–Crippen MR) is 63.6 cm³/mol. The van der Waals surface area contributed by atoms with Crippen LogP contribution in [0.25, 0.3) is 0 Å². The van der Waals surface area contributed by atoms with Gasteiger partial charge in [0.05, 0.1) is 11.5 Å². The second-order valence-corrected chi connectivity index (χ2v) is 5.24. The van der Waals surface area contributed by atoms with E-state index < -0.39 is 24.1 Å². The molecule has 0 aromatic heterocycles. The smallest absolute Gasteiger partial charge is 0.345 e. The average molecular weight is 321 g/mol. The Morgan fingerprint density at radius 3 is 2.67 bits per heavy atom. The van der Waals surface area contributed by atoms with Crippen LogP contribution in [-0.4, -0.2) is 23.8 Å². The SMILES string of the molecule is O=C(O)C1(c2cccc(Br)c2)CC(OC(F)F)C1. The normalized spacial score (nSPS) is 27.0. The van der Waals surface area contributed by atoms with E-state index in [0.29, 0.717) is 5.56 Å². The molecular weight excluding hydrogens is 310 g/mol. The summed E-state index contributed by atoms with van der Waals surface area (Å²) < 4.78 is 29.2. The van der Waals surface area contributed by atoms with Crippen LogP contribution in [0.1, 0.15) is 18.4 Å². The van der Waals surface area contributed by atoms with Crippen molar-refractivity contribution in [2.24, 2.45) is 0 Å². The highest BCUT2D eigenvalue weighted by Gasteiger charge is 2.53. The van der Waals surface area contributed by atoms with Crippen molar-refractivity contribution in [1.29, 1.82) is 0 Å². The number of carboxylic acid groups (broad SMARTS) is 1. The number of hydrogen-bond acceptors (Lipinski definition) is 2. The van der Waals surface area contributed by atoms with Crippen molar-refractivity contribution >= 4 is 21.9 Å². The number of benzene rings is 1. The summed E-state index contributed by atoms with van der Waals surface area (Å²) >= 11 is 3.27. The minimum Gasteiger partial charge on any atom is -0.481 e. The number of carboxylic acids is 1. The third-order valence-electron chi connectivity index (χ3n) is 3.23. The molecule has 18 heavy (non-hydrogen) atoms. The first-order chi connectivity index (χ1) is 8.44. The van der Waals surface area contributed by atoms with Gasteiger partial charge in [-0.1, -0.05) is 28.1 Å². The summed E-state index contributed by atoms with van der Waals surface area (Å²) in [5.41, 5.74) is -0.498. The molecule has 0 atom stereocenters. The van der Waals surface area contributed by atoms with Gasteiger partial charge < -0.3 is 9.84 Å². The number of ether oxygens (including phenoxy) is 1. The molecule has 0 heterocycles. The summed E-state index contributed by atoms with van der Waals surface area (Å²) in [7, 11) is 0. The maximum Gasteiger partial charge on any atom is 0.345 e. The molecule has 0 aliphatic heterocycles. The van der Waals surface area contributed by atoms with Crippen molar-refractivity contribution in [1.82, 2.24) is 0 Å². The molecule has 0 amide bonds. The predicted octanol–water partition coefficient (Wildman–Crippen LogP) is 3.17. The van der Waals surface area contributed by atoms with Crippen molar-refractivity contribution in [3.05, 3.63) is 34.3 Å². The van der Waals surface area contributed by atoms with E-state index in [2.05, 4.69) is 20.7 Å². The lowest BCUT2D eigenvalue weighted by atomic mass is 9.62. The fourth-order valence-corrected chi connectivity index (χ4v) is 2.68. The van der Waals surface area contributed by atoms with Gasteiger partial charge in [-0.15, -0.1) is 0 Å². The topological polar surface area (TPSA) is 46.5 Å². The van der Waals surface area contributed by atoms with Gasteiger partial charge in [-0.3, -0.25) is 4.79 Å². The minimum absolute atomic E-state index is 0.0725. The molecule has 0 bridgehead atoms. The molecule has 1 aromatic rings. The highest BCUT2D eigenvalue weighted by molar-refractivity contribution is 9.10. The number of hydrogen-bond donors (Lipinski definition) is 1. The van der Waals surface area contributed by atoms with Gasteiger partial charge >= 0.3 is 12.6 Å². The molecule has 0 spiro atoms. The highest BCUT2D eigenvalue weighted by atomic mass is 79.9. The lowest BCUT2D eigenvalue weighted by Crippen LogP contribution is -2.52. The molecule has 6 heteroatoms. The quantitative estimate of drug-likeness (QED) is 0.926. The third kappa shape index (κ3) is 2.40. The van der Waals surface area contributed by atoms with Crippen molar-refractivity contribution in [3.8, 4) is 0 Å². The molecule has 1 saturated carbocycles. The third-order valence-corrected chi connectivity index (χ3v) is 3.73. The zero-order valence-electron chi connectivity index (χ0n) is 9.28. The zero-order chi connectivity index (χ0) is 13.3. The van der Waals surface area contributed by atoms with E-state index >= 15 is 0 Å². The number of carbonyl (C=O) groups is 1. The summed E-state index contributed by atoms with van der Waals surface area (Å²) in [5.74, 6) is -1.00. The average Bonchev–Trinajstić information content (AvgIpc) is 2.21. The lowest BCUT2D eigenvalue weighted by Gasteiger charge is -2.44. The first-order valence-electron chi connectivity index (χ1n) is 5.37. The number of alkyl halides is 2. The van der Waals surface area contributed by atoms with Gasteiger partial charge in [0, 0.05) is 4.47 Å². The Labute approximate surface area is 111 Å². The van der Waals surface area contributed by atoms with Gasteiger partial charge in [0.25, 0.3) is 0 Å². The minimum atomic E-state index is -2.86. The second-order valence-electron chi connectivity index (χ2n) is 4.32. The standard InChI is InChI=1S/C12H11BrF2O3/c13-8-3-1-2-7(4-8)12(10(16)17)5-9(6-12)18-11(14)15/h1-4,9,11H,5-6H2,(H,16,17). The van der Waals surface area contributed by atoms with E-state index in [9.17, 15) is 18.7 Å². The van der Waals surface area contributed by atoms with Crippen molar-refractivity contribution in [3.63, 3.8) is 0 Å². The molecule has 1 aliphatic rings. The van der Waals surface area contributed by atoms with E-state index in [1.807, 2.05) is 0 Å². The van der Waals surface area contributed by atoms with E-state index in [1.54, 1.807) is 24.3 Å². The molecule has 0 unspecified atom stereocenters. The van der Waals surface area contributed by atoms with Crippen LogP contribution in [0, 0.1) is 0 Å². The largest absolute Gasteiger partial charge is 0.481 e. The van der Waals surface area contributed by atoms with Crippen molar-refractivity contribution in [2.45, 2.75) is 31.0 Å². The number of halogens is 3. The second kappa shape index (κ2) is 4.93. The molecular formula is C12H11BrF2O3. The van der Waals surface area contributed by atoms with Crippen molar-refractivity contribution < 1.29 is 23.4 Å². The van der Waals surface area contributed by atoms with Crippen LogP contribution in [0.15, 0.2) is 28.7 Å². The van der Waals surface area contributed by atoms with E-state index in [0.717, 1.165) is 4.47 Å². The van der Waals surface area contributed by atoms with Gasteiger partial charge in [-0.2, -0.15) is 8.78 Å². The van der Waals surface area contributed by atoms with Crippen LogP contribution in [0.2, 0.25) is 0 Å². The fraction of sp³-hybridized carbons (Fsp3) is 0.417. The van der Waals surface area contributed by atoms with Crippen LogP contribution in [-0.2, 0) is 14.9 Å². The molecule has 1 aliphatic carbocycles. The highest BCUT2D eigenvalue weighted by Crippen LogP contribution is 2.46. The first-order valence-corrected chi connectivity index (χ1v) is 6.16. The Balaban J connectivity index is 2.19. The van der Waals surface area contributed by atoms with Crippen molar-refractivity contribution in [2.75, 3.05) is 0 Å². The van der Waals surface area contributed by atoms with Crippen LogP contribution >= 0.6 is 15.9 Å². The molecule has 3 nitrogen and oxygen atoms in total. The molecule has 1 aromatic carbocycles.